The molecule has 0 saturated heterocycles. The SMILES string of the molecule is C=CCn1c(CCC)nc(C(C)COC)c1N. The van der Waals surface area contributed by atoms with E-state index in [1.54, 1.807) is 7.11 Å². The lowest BCUT2D eigenvalue weighted by Crippen LogP contribution is -2.08. The van der Waals surface area contributed by atoms with E-state index in [-0.39, 0.29) is 5.92 Å². The van der Waals surface area contributed by atoms with Crippen LogP contribution in [0.25, 0.3) is 0 Å². The zero-order chi connectivity index (χ0) is 12.8. The van der Waals surface area contributed by atoms with Crippen LogP contribution in [-0.4, -0.2) is 23.3 Å². The number of allylic oxidation sites excluding steroid dienone is 1. The fourth-order valence-corrected chi connectivity index (χ4v) is 1.97. The molecule has 0 saturated carbocycles. The first-order valence-corrected chi connectivity index (χ1v) is 6.10. The topological polar surface area (TPSA) is 53.1 Å². The van der Waals surface area contributed by atoms with Crippen LogP contribution in [0.4, 0.5) is 5.82 Å². The Hall–Kier alpha value is -1.29. The Morgan fingerprint density at radius 3 is 2.82 bits per heavy atom. The summed E-state index contributed by atoms with van der Waals surface area (Å²) in [4.78, 5) is 4.65. The molecule has 2 N–H and O–H groups in total. The average Bonchev–Trinajstić information content (AvgIpc) is 2.59. The van der Waals surface area contributed by atoms with Crippen molar-refractivity contribution in [1.82, 2.24) is 9.55 Å². The summed E-state index contributed by atoms with van der Waals surface area (Å²) < 4.78 is 7.20. The smallest absolute Gasteiger partial charge is 0.127 e. The van der Waals surface area contributed by atoms with Gasteiger partial charge < -0.3 is 15.0 Å². The lowest BCUT2D eigenvalue weighted by molar-refractivity contribution is 0.183. The maximum Gasteiger partial charge on any atom is 0.127 e. The molecular weight excluding hydrogens is 214 g/mol. The Balaban J connectivity index is 3.06. The largest absolute Gasteiger partial charge is 0.384 e. The number of anilines is 1. The van der Waals surface area contributed by atoms with Gasteiger partial charge in [0.05, 0.1) is 12.3 Å². The van der Waals surface area contributed by atoms with E-state index in [1.807, 2.05) is 10.6 Å². The molecular formula is C13H23N3O. The number of nitrogens with zero attached hydrogens (tertiary/aromatic N) is 2. The van der Waals surface area contributed by atoms with Gasteiger partial charge in [-0.1, -0.05) is 19.9 Å². The molecule has 4 nitrogen and oxygen atoms in total. The third kappa shape index (κ3) is 3.09. The lowest BCUT2D eigenvalue weighted by Gasteiger charge is -2.09. The van der Waals surface area contributed by atoms with Gasteiger partial charge in [0.1, 0.15) is 11.6 Å². The van der Waals surface area contributed by atoms with E-state index in [4.69, 9.17) is 10.5 Å². The molecule has 0 amide bonds. The molecule has 1 heterocycles. The number of hydrogen-bond acceptors (Lipinski definition) is 3. The zero-order valence-corrected chi connectivity index (χ0v) is 11.1. The number of hydrogen-bond donors (Lipinski definition) is 1. The van der Waals surface area contributed by atoms with Crippen LogP contribution >= 0.6 is 0 Å². The molecule has 0 radical (unpaired) electrons. The molecule has 1 aromatic heterocycles. The van der Waals surface area contributed by atoms with Crippen molar-refractivity contribution < 1.29 is 4.74 Å². The van der Waals surface area contributed by atoms with Gasteiger partial charge in [0, 0.05) is 26.0 Å². The Labute approximate surface area is 103 Å². The van der Waals surface area contributed by atoms with Gasteiger partial charge in [-0.15, -0.1) is 6.58 Å². The highest BCUT2D eigenvalue weighted by Crippen LogP contribution is 2.24. The van der Waals surface area contributed by atoms with E-state index in [1.165, 1.54) is 0 Å². The zero-order valence-electron chi connectivity index (χ0n) is 11.1. The van der Waals surface area contributed by atoms with Crippen molar-refractivity contribution in [2.45, 2.75) is 39.2 Å². The Morgan fingerprint density at radius 2 is 2.29 bits per heavy atom. The average molecular weight is 237 g/mol. The van der Waals surface area contributed by atoms with Crippen LogP contribution in [-0.2, 0) is 17.7 Å². The van der Waals surface area contributed by atoms with Gasteiger partial charge in [-0.25, -0.2) is 4.98 Å². The van der Waals surface area contributed by atoms with E-state index >= 15 is 0 Å². The third-order valence-electron chi connectivity index (χ3n) is 2.78. The Bertz CT molecular complexity index is 371. The summed E-state index contributed by atoms with van der Waals surface area (Å²) in [7, 11) is 1.69. The standard InChI is InChI=1S/C13H23N3O/c1-5-7-11-15-12(10(3)9-17-4)13(14)16(11)8-6-2/h6,10H,2,5,7-9,14H2,1,3-4H3. The maximum absolute atomic E-state index is 6.15. The maximum atomic E-state index is 6.15. The number of methoxy groups -OCH3 is 1. The number of aromatic nitrogens is 2. The van der Waals surface area contributed by atoms with Crippen molar-refractivity contribution >= 4 is 5.82 Å². The second kappa shape index (κ2) is 6.45. The molecule has 0 aliphatic heterocycles. The van der Waals surface area contributed by atoms with E-state index in [0.717, 1.165) is 30.2 Å². The fraction of sp³-hybridized carbons (Fsp3) is 0.615. The quantitative estimate of drug-likeness (QED) is 0.741. The minimum absolute atomic E-state index is 0.224. The van der Waals surface area contributed by atoms with Gasteiger partial charge in [0.25, 0.3) is 0 Å². The van der Waals surface area contributed by atoms with Gasteiger partial charge >= 0.3 is 0 Å². The molecule has 4 heteroatoms. The summed E-state index contributed by atoms with van der Waals surface area (Å²) >= 11 is 0. The van der Waals surface area contributed by atoms with Gasteiger partial charge in [-0.05, 0) is 6.42 Å². The van der Waals surface area contributed by atoms with Crippen LogP contribution < -0.4 is 5.73 Å². The lowest BCUT2D eigenvalue weighted by atomic mass is 10.1. The Morgan fingerprint density at radius 1 is 1.59 bits per heavy atom. The number of nitrogen functional groups attached to an aromatic ring is 1. The molecule has 0 aliphatic rings. The molecule has 1 aromatic rings. The summed E-state index contributed by atoms with van der Waals surface area (Å²) in [6.45, 7) is 9.34. The molecule has 1 unspecified atom stereocenters. The first-order chi connectivity index (χ1) is 8.15. The Kier molecular flexibility index (Phi) is 5.22. The molecule has 0 aliphatic carbocycles. The second-order valence-electron chi connectivity index (χ2n) is 4.30. The summed E-state index contributed by atoms with van der Waals surface area (Å²) in [5, 5.41) is 0. The molecule has 0 spiro atoms. The van der Waals surface area contributed by atoms with Crippen molar-refractivity contribution in [2.75, 3.05) is 19.5 Å². The van der Waals surface area contributed by atoms with Crippen LogP contribution in [0.15, 0.2) is 12.7 Å². The van der Waals surface area contributed by atoms with Gasteiger partial charge in [0.15, 0.2) is 0 Å². The van der Waals surface area contributed by atoms with Crippen LogP contribution in [0.5, 0.6) is 0 Å². The molecule has 0 bridgehead atoms. The highest BCUT2D eigenvalue weighted by molar-refractivity contribution is 5.41. The van der Waals surface area contributed by atoms with Gasteiger partial charge in [-0.2, -0.15) is 0 Å². The summed E-state index contributed by atoms with van der Waals surface area (Å²) in [5.74, 6) is 2.02. The predicted molar refractivity (Wildman–Crippen MR) is 71.1 cm³/mol. The van der Waals surface area contributed by atoms with E-state index in [9.17, 15) is 0 Å². The molecule has 96 valence electrons. The number of rotatable bonds is 7. The number of ether oxygens (including phenoxy) is 1. The number of aryl methyl sites for hydroxylation is 1. The molecule has 1 rings (SSSR count). The molecule has 0 fully saturated rings. The van der Waals surface area contributed by atoms with Crippen molar-refractivity contribution in [1.29, 1.82) is 0 Å². The minimum atomic E-state index is 0.224. The predicted octanol–water partition coefficient (Wildman–Crippen LogP) is 2.35. The van der Waals surface area contributed by atoms with Gasteiger partial charge in [0.2, 0.25) is 0 Å². The second-order valence-corrected chi connectivity index (χ2v) is 4.30. The van der Waals surface area contributed by atoms with E-state index in [2.05, 4.69) is 25.4 Å². The van der Waals surface area contributed by atoms with Crippen LogP contribution in [0.1, 0.15) is 37.7 Å². The van der Waals surface area contributed by atoms with Crippen molar-refractivity contribution in [3.63, 3.8) is 0 Å². The minimum Gasteiger partial charge on any atom is -0.384 e. The van der Waals surface area contributed by atoms with Crippen LogP contribution in [0.3, 0.4) is 0 Å². The summed E-state index contributed by atoms with van der Waals surface area (Å²) in [6, 6.07) is 0. The van der Waals surface area contributed by atoms with E-state index in [0.29, 0.717) is 13.2 Å². The molecule has 0 aromatic carbocycles. The first kappa shape index (κ1) is 13.8. The van der Waals surface area contributed by atoms with Crippen molar-refractivity contribution in [3.8, 4) is 0 Å². The normalized spacial score (nSPS) is 12.6. The van der Waals surface area contributed by atoms with Crippen molar-refractivity contribution in [3.05, 3.63) is 24.2 Å². The summed E-state index contributed by atoms with van der Waals surface area (Å²) in [5.41, 5.74) is 7.09. The number of nitrogens with two attached hydrogens (primary N) is 1. The van der Waals surface area contributed by atoms with Crippen LogP contribution in [0.2, 0.25) is 0 Å². The van der Waals surface area contributed by atoms with Crippen LogP contribution in [0, 0.1) is 0 Å². The molecule has 1 atom stereocenters. The monoisotopic (exact) mass is 237 g/mol. The molecule has 17 heavy (non-hydrogen) atoms. The highest BCUT2D eigenvalue weighted by atomic mass is 16.5. The summed E-state index contributed by atoms with van der Waals surface area (Å²) in [6.07, 6.45) is 3.85. The fourth-order valence-electron chi connectivity index (χ4n) is 1.97. The number of imidazole rings is 1. The van der Waals surface area contributed by atoms with Crippen molar-refractivity contribution in [2.24, 2.45) is 0 Å². The first-order valence-electron chi connectivity index (χ1n) is 6.10. The van der Waals surface area contributed by atoms with Gasteiger partial charge in [-0.3, -0.25) is 0 Å². The third-order valence-corrected chi connectivity index (χ3v) is 2.78. The van der Waals surface area contributed by atoms with E-state index < -0.39 is 0 Å². The highest BCUT2D eigenvalue weighted by Gasteiger charge is 2.18.